The summed E-state index contributed by atoms with van der Waals surface area (Å²) in [4.78, 5) is 0. The van der Waals surface area contributed by atoms with Crippen LogP contribution in [0.4, 0.5) is 0 Å². The Morgan fingerprint density at radius 3 is 1.53 bits per heavy atom. The highest BCUT2D eigenvalue weighted by molar-refractivity contribution is 5.30. The molecule has 0 radical (unpaired) electrons. The van der Waals surface area contributed by atoms with Crippen molar-refractivity contribution in [1.82, 2.24) is 0 Å². The summed E-state index contributed by atoms with van der Waals surface area (Å²) < 4.78 is 5.45. The van der Waals surface area contributed by atoms with E-state index in [0.29, 0.717) is 0 Å². The Kier molecular flexibility index (Phi) is 3.25. The summed E-state index contributed by atoms with van der Waals surface area (Å²) in [5, 5.41) is 0. The molecule has 0 bridgehead atoms. The fourth-order valence-corrected chi connectivity index (χ4v) is 1.49. The van der Waals surface area contributed by atoms with Crippen molar-refractivity contribution in [1.29, 1.82) is 0 Å². The van der Waals surface area contributed by atoms with E-state index in [2.05, 4.69) is 58.9 Å². The Bertz CT molecular complexity index is 314. The van der Waals surface area contributed by atoms with E-state index in [9.17, 15) is 0 Å². The van der Waals surface area contributed by atoms with Gasteiger partial charge < -0.3 is 4.74 Å². The van der Waals surface area contributed by atoms with E-state index in [0.717, 1.165) is 0 Å². The molecule has 1 nitrogen and oxygen atoms in total. The molecule has 0 spiro atoms. The molecule has 0 saturated carbocycles. The largest absolute Gasteiger partial charge is 0.374 e. The van der Waals surface area contributed by atoms with Crippen LogP contribution in [0.25, 0.3) is 0 Å². The van der Waals surface area contributed by atoms with Gasteiger partial charge in [-0.05, 0) is 30.4 Å². The first-order valence-corrected chi connectivity index (χ1v) is 5.43. The van der Waals surface area contributed by atoms with Crippen LogP contribution in [0.2, 0.25) is 0 Å². The van der Waals surface area contributed by atoms with Gasteiger partial charge in [0.25, 0.3) is 0 Å². The first-order valence-electron chi connectivity index (χ1n) is 5.43. The minimum atomic E-state index is -0.198. The van der Waals surface area contributed by atoms with E-state index in [-0.39, 0.29) is 11.0 Å². The quantitative estimate of drug-likeness (QED) is 0.714. The second-order valence-corrected chi connectivity index (χ2v) is 5.54. The molecule has 0 aromatic heterocycles. The van der Waals surface area contributed by atoms with Crippen molar-refractivity contribution in [2.45, 2.75) is 45.6 Å². The Morgan fingerprint density at radius 1 is 0.800 bits per heavy atom. The van der Waals surface area contributed by atoms with Crippen molar-refractivity contribution in [3.63, 3.8) is 0 Å². The molecule has 1 aromatic rings. The van der Waals surface area contributed by atoms with Crippen molar-refractivity contribution in [2.75, 3.05) is 7.11 Å². The number of hydrogen-bond donors (Lipinski definition) is 0. The summed E-state index contributed by atoms with van der Waals surface area (Å²) >= 11 is 0. The summed E-state index contributed by atoms with van der Waals surface area (Å²) in [6, 6.07) is 8.69. The third kappa shape index (κ3) is 2.82. The molecular weight excluding hydrogens is 184 g/mol. The van der Waals surface area contributed by atoms with Crippen LogP contribution in [-0.4, -0.2) is 7.11 Å². The summed E-state index contributed by atoms with van der Waals surface area (Å²) in [6.45, 7) is 10.8. The van der Waals surface area contributed by atoms with Crippen LogP contribution in [0.3, 0.4) is 0 Å². The highest BCUT2D eigenvalue weighted by Gasteiger charge is 2.20. The molecule has 0 aliphatic rings. The van der Waals surface area contributed by atoms with Gasteiger partial charge in [-0.1, -0.05) is 45.0 Å². The summed E-state index contributed by atoms with van der Waals surface area (Å²) in [5.74, 6) is 0. The molecule has 0 fully saturated rings. The zero-order chi connectivity index (χ0) is 11.7. The molecule has 0 amide bonds. The van der Waals surface area contributed by atoms with Gasteiger partial charge >= 0.3 is 0 Å². The minimum Gasteiger partial charge on any atom is -0.374 e. The summed E-state index contributed by atoms with van der Waals surface area (Å²) in [6.07, 6.45) is 0. The van der Waals surface area contributed by atoms with Crippen LogP contribution in [0, 0.1) is 0 Å². The molecule has 0 atom stereocenters. The molecular formula is C14H22O. The number of rotatable bonds is 2. The van der Waals surface area contributed by atoms with Crippen LogP contribution in [0.5, 0.6) is 0 Å². The number of benzene rings is 1. The minimum absolute atomic E-state index is 0.198. The fraction of sp³-hybridized carbons (Fsp3) is 0.571. The molecule has 1 heteroatoms. The lowest BCUT2D eigenvalue weighted by Gasteiger charge is -2.25. The molecule has 0 saturated heterocycles. The standard InChI is InChI=1S/C14H22O/c1-13(2,3)11-7-9-12(10-8-11)14(4,5)15-6/h7-10H,1-6H3. The first-order chi connectivity index (χ1) is 6.77. The van der Waals surface area contributed by atoms with Crippen LogP contribution in [0.15, 0.2) is 24.3 Å². The maximum absolute atomic E-state index is 5.45. The lowest BCUT2D eigenvalue weighted by molar-refractivity contribution is 0.0192. The van der Waals surface area contributed by atoms with Crippen molar-refractivity contribution >= 4 is 0 Å². The molecule has 0 aliphatic heterocycles. The van der Waals surface area contributed by atoms with Gasteiger partial charge in [0.15, 0.2) is 0 Å². The normalized spacial score (nSPS) is 12.9. The fourth-order valence-electron chi connectivity index (χ4n) is 1.49. The van der Waals surface area contributed by atoms with E-state index in [1.165, 1.54) is 11.1 Å². The Labute approximate surface area is 93.5 Å². The Hall–Kier alpha value is -0.820. The lowest BCUT2D eigenvalue weighted by Crippen LogP contribution is -2.20. The zero-order valence-corrected chi connectivity index (χ0v) is 10.7. The Morgan fingerprint density at radius 2 is 1.20 bits per heavy atom. The SMILES string of the molecule is COC(C)(C)c1ccc(C(C)(C)C)cc1. The highest BCUT2D eigenvalue weighted by atomic mass is 16.5. The molecule has 1 aromatic carbocycles. The molecule has 84 valence electrons. The molecule has 0 aliphatic carbocycles. The third-order valence-corrected chi connectivity index (χ3v) is 2.96. The van der Waals surface area contributed by atoms with Gasteiger partial charge in [0.1, 0.15) is 0 Å². The van der Waals surface area contributed by atoms with Gasteiger partial charge in [-0.3, -0.25) is 0 Å². The van der Waals surface area contributed by atoms with E-state index in [4.69, 9.17) is 4.74 Å². The average Bonchev–Trinajstić information content (AvgIpc) is 2.17. The van der Waals surface area contributed by atoms with E-state index >= 15 is 0 Å². The maximum Gasteiger partial charge on any atom is 0.0871 e. The van der Waals surface area contributed by atoms with Gasteiger partial charge in [0, 0.05) is 7.11 Å². The van der Waals surface area contributed by atoms with E-state index in [1.807, 2.05) is 0 Å². The second-order valence-electron chi connectivity index (χ2n) is 5.54. The van der Waals surface area contributed by atoms with E-state index < -0.39 is 0 Å². The summed E-state index contributed by atoms with van der Waals surface area (Å²) in [5.41, 5.74) is 2.60. The van der Waals surface area contributed by atoms with Crippen LogP contribution in [0.1, 0.15) is 45.7 Å². The van der Waals surface area contributed by atoms with Crippen molar-refractivity contribution in [3.8, 4) is 0 Å². The third-order valence-electron chi connectivity index (χ3n) is 2.96. The number of ether oxygens (including phenoxy) is 1. The predicted molar refractivity (Wildman–Crippen MR) is 65.2 cm³/mol. The van der Waals surface area contributed by atoms with E-state index in [1.54, 1.807) is 7.11 Å². The lowest BCUT2D eigenvalue weighted by atomic mass is 9.85. The molecule has 15 heavy (non-hydrogen) atoms. The highest BCUT2D eigenvalue weighted by Crippen LogP contribution is 2.27. The molecule has 1 rings (SSSR count). The van der Waals surface area contributed by atoms with Crippen LogP contribution >= 0.6 is 0 Å². The smallest absolute Gasteiger partial charge is 0.0871 e. The molecule has 0 heterocycles. The van der Waals surface area contributed by atoms with Gasteiger partial charge in [0.05, 0.1) is 5.60 Å². The molecule has 0 unspecified atom stereocenters. The van der Waals surface area contributed by atoms with Crippen LogP contribution < -0.4 is 0 Å². The van der Waals surface area contributed by atoms with Gasteiger partial charge in [-0.25, -0.2) is 0 Å². The Balaban J connectivity index is 3.01. The van der Waals surface area contributed by atoms with Crippen molar-refractivity contribution in [3.05, 3.63) is 35.4 Å². The summed E-state index contributed by atoms with van der Waals surface area (Å²) in [7, 11) is 1.75. The maximum atomic E-state index is 5.45. The topological polar surface area (TPSA) is 9.23 Å². The second kappa shape index (κ2) is 3.97. The monoisotopic (exact) mass is 206 g/mol. The van der Waals surface area contributed by atoms with Crippen molar-refractivity contribution in [2.24, 2.45) is 0 Å². The van der Waals surface area contributed by atoms with Gasteiger partial charge in [-0.15, -0.1) is 0 Å². The number of methoxy groups -OCH3 is 1. The van der Waals surface area contributed by atoms with Gasteiger partial charge in [0.2, 0.25) is 0 Å². The average molecular weight is 206 g/mol. The first kappa shape index (κ1) is 12.3. The molecule has 0 N–H and O–H groups in total. The predicted octanol–water partition coefficient (Wildman–Crippen LogP) is 3.87. The van der Waals surface area contributed by atoms with Crippen LogP contribution in [-0.2, 0) is 15.8 Å². The van der Waals surface area contributed by atoms with Crippen molar-refractivity contribution < 1.29 is 4.74 Å². The number of hydrogen-bond acceptors (Lipinski definition) is 1. The van der Waals surface area contributed by atoms with Gasteiger partial charge in [-0.2, -0.15) is 0 Å². The zero-order valence-electron chi connectivity index (χ0n) is 10.7.